The number of aryl methyl sites for hydroxylation is 1. The summed E-state index contributed by atoms with van der Waals surface area (Å²) in [5.74, 6) is 0.153. The number of anilines is 2. The molecule has 2 amide bonds. The summed E-state index contributed by atoms with van der Waals surface area (Å²) in [6.07, 6.45) is 3.29. The molecule has 0 spiro atoms. The van der Waals surface area contributed by atoms with E-state index in [1.54, 1.807) is 4.90 Å². The summed E-state index contributed by atoms with van der Waals surface area (Å²) in [6, 6.07) is 8.11. The summed E-state index contributed by atoms with van der Waals surface area (Å²) in [7, 11) is 0. The third-order valence-electron chi connectivity index (χ3n) is 5.49. The molecule has 1 aromatic carbocycles. The molecule has 2 aliphatic rings. The Morgan fingerprint density at radius 1 is 1.21 bits per heavy atom. The first kappa shape index (κ1) is 18.9. The second-order valence-corrected chi connectivity index (χ2v) is 8.38. The van der Waals surface area contributed by atoms with E-state index in [0.29, 0.717) is 24.6 Å². The van der Waals surface area contributed by atoms with Gasteiger partial charge in [-0.15, -0.1) is 10.2 Å². The fraction of sp³-hybridized carbons (Fsp3) is 0.500. The number of piperidine rings is 1. The predicted octanol–water partition coefficient (Wildman–Crippen LogP) is 2.51. The maximum absolute atomic E-state index is 12.7. The van der Waals surface area contributed by atoms with E-state index in [2.05, 4.69) is 33.4 Å². The Morgan fingerprint density at radius 2 is 2.04 bits per heavy atom. The molecule has 4 rings (SSSR count). The van der Waals surface area contributed by atoms with Gasteiger partial charge in [0.1, 0.15) is 0 Å². The zero-order chi connectivity index (χ0) is 19.5. The van der Waals surface area contributed by atoms with Crippen molar-refractivity contribution in [1.29, 1.82) is 0 Å². The summed E-state index contributed by atoms with van der Waals surface area (Å²) >= 11 is 1.44. The Kier molecular flexibility index (Phi) is 5.57. The summed E-state index contributed by atoms with van der Waals surface area (Å²) in [4.78, 5) is 28.5. The molecule has 2 fully saturated rings. The van der Waals surface area contributed by atoms with E-state index in [9.17, 15) is 9.59 Å². The van der Waals surface area contributed by atoms with Crippen LogP contribution in [0.25, 0.3) is 0 Å². The van der Waals surface area contributed by atoms with Crippen LogP contribution in [0.2, 0.25) is 0 Å². The molecule has 0 radical (unpaired) electrons. The van der Waals surface area contributed by atoms with E-state index < -0.39 is 0 Å². The monoisotopic (exact) mass is 399 g/mol. The average molecular weight is 400 g/mol. The highest BCUT2D eigenvalue weighted by Gasteiger charge is 2.30. The van der Waals surface area contributed by atoms with Crippen molar-refractivity contribution in [2.45, 2.75) is 39.2 Å². The molecule has 1 aromatic heterocycles. The zero-order valence-electron chi connectivity index (χ0n) is 16.1. The molecule has 2 saturated heterocycles. The minimum absolute atomic E-state index is 0.0569. The van der Waals surface area contributed by atoms with Crippen molar-refractivity contribution in [1.82, 2.24) is 15.5 Å². The number of nitrogens with zero attached hydrogens (tertiary/aromatic N) is 4. The summed E-state index contributed by atoms with van der Waals surface area (Å²) in [5, 5.41) is 13.1. The fourth-order valence-electron chi connectivity index (χ4n) is 3.80. The van der Waals surface area contributed by atoms with Gasteiger partial charge in [0.25, 0.3) is 0 Å². The number of carbonyl (C=O) groups excluding carboxylic acids is 2. The largest absolute Gasteiger partial charge is 0.352 e. The normalized spacial score (nSPS) is 19.9. The van der Waals surface area contributed by atoms with Crippen LogP contribution in [0.3, 0.4) is 0 Å². The highest BCUT2D eigenvalue weighted by molar-refractivity contribution is 7.19. The van der Waals surface area contributed by atoms with Gasteiger partial charge in [-0.2, -0.15) is 0 Å². The zero-order valence-corrected chi connectivity index (χ0v) is 16.9. The summed E-state index contributed by atoms with van der Waals surface area (Å²) in [6.45, 7) is 4.84. The summed E-state index contributed by atoms with van der Waals surface area (Å²) < 4.78 is 0. The van der Waals surface area contributed by atoms with E-state index >= 15 is 0 Å². The third-order valence-corrected chi connectivity index (χ3v) is 6.49. The molecule has 1 N–H and O–H groups in total. The van der Waals surface area contributed by atoms with Gasteiger partial charge < -0.3 is 10.2 Å². The van der Waals surface area contributed by atoms with Crippen LogP contribution in [-0.2, 0) is 16.1 Å². The van der Waals surface area contributed by atoms with Gasteiger partial charge in [0.15, 0.2) is 0 Å². The van der Waals surface area contributed by atoms with Crippen molar-refractivity contribution < 1.29 is 9.59 Å². The van der Waals surface area contributed by atoms with Crippen molar-refractivity contribution in [2.24, 2.45) is 5.92 Å². The molecule has 28 heavy (non-hydrogen) atoms. The smallest absolute Gasteiger partial charge is 0.228 e. The quantitative estimate of drug-likeness (QED) is 0.836. The lowest BCUT2D eigenvalue weighted by Gasteiger charge is -2.31. The van der Waals surface area contributed by atoms with Crippen LogP contribution < -0.4 is 15.1 Å². The van der Waals surface area contributed by atoms with Crippen LogP contribution in [-0.4, -0.2) is 41.6 Å². The summed E-state index contributed by atoms with van der Waals surface area (Å²) in [5.41, 5.74) is 2.33. The number of aromatic nitrogens is 2. The van der Waals surface area contributed by atoms with Crippen molar-refractivity contribution >= 4 is 33.4 Å². The average Bonchev–Trinajstić information content (AvgIpc) is 3.36. The molecule has 0 unspecified atom stereocenters. The number of benzene rings is 1. The van der Waals surface area contributed by atoms with E-state index in [4.69, 9.17) is 0 Å². The molecule has 7 nitrogen and oxygen atoms in total. The highest BCUT2D eigenvalue weighted by Crippen LogP contribution is 2.32. The standard InChI is InChI=1S/C20H25N5O2S/c1-14-6-2-3-7-15(14)12-21-18(27)16-8-4-10-24(13-16)19-22-23-20(28-19)25-11-5-9-17(25)26/h2-3,6-7,16H,4-5,8-13H2,1H3,(H,21,27)/t16-/m1/s1. The molecule has 0 saturated carbocycles. The molecule has 148 valence electrons. The molecule has 0 bridgehead atoms. The van der Waals surface area contributed by atoms with Crippen molar-refractivity contribution in [3.05, 3.63) is 35.4 Å². The fourth-order valence-corrected chi connectivity index (χ4v) is 4.72. The molecule has 1 atom stereocenters. The highest BCUT2D eigenvalue weighted by atomic mass is 32.1. The first-order valence-corrected chi connectivity index (χ1v) is 10.6. The van der Waals surface area contributed by atoms with Gasteiger partial charge in [-0.25, -0.2) is 0 Å². The van der Waals surface area contributed by atoms with Gasteiger partial charge in [0, 0.05) is 32.6 Å². The topological polar surface area (TPSA) is 78.4 Å². The molecule has 8 heteroatoms. The van der Waals surface area contributed by atoms with Crippen molar-refractivity contribution in [2.75, 3.05) is 29.4 Å². The van der Waals surface area contributed by atoms with E-state index in [1.165, 1.54) is 16.9 Å². The SMILES string of the molecule is Cc1ccccc1CNC(=O)[C@@H]1CCCN(c2nnc(N3CCCC3=O)s2)C1. The number of hydrogen-bond acceptors (Lipinski definition) is 6. The number of amides is 2. The Balaban J connectivity index is 1.36. The van der Waals surface area contributed by atoms with Gasteiger partial charge in [-0.1, -0.05) is 35.6 Å². The maximum atomic E-state index is 12.7. The predicted molar refractivity (Wildman–Crippen MR) is 109 cm³/mol. The lowest BCUT2D eigenvalue weighted by Crippen LogP contribution is -2.43. The lowest BCUT2D eigenvalue weighted by atomic mass is 9.97. The molecule has 2 aliphatic heterocycles. The van der Waals surface area contributed by atoms with E-state index in [-0.39, 0.29) is 17.7 Å². The van der Waals surface area contributed by atoms with Crippen LogP contribution in [0, 0.1) is 12.8 Å². The lowest BCUT2D eigenvalue weighted by molar-refractivity contribution is -0.125. The number of nitrogens with one attached hydrogen (secondary N) is 1. The Bertz CT molecular complexity index is 868. The first-order valence-electron chi connectivity index (χ1n) is 9.83. The van der Waals surface area contributed by atoms with Crippen LogP contribution in [0.15, 0.2) is 24.3 Å². The van der Waals surface area contributed by atoms with Crippen LogP contribution in [0.1, 0.15) is 36.8 Å². The Hall–Kier alpha value is -2.48. The van der Waals surface area contributed by atoms with E-state index in [1.807, 2.05) is 18.2 Å². The minimum Gasteiger partial charge on any atom is -0.352 e. The molecule has 3 heterocycles. The van der Waals surface area contributed by atoms with Gasteiger partial charge in [-0.05, 0) is 37.3 Å². The van der Waals surface area contributed by atoms with E-state index in [0.717, 1.165) is 43.0 Å². The van der Waals surface area contributed by atoms with Gasteiger partial charge in [-0.3, -0.25) is 14.5 Å². The number of hydrogen-bond donors (Lipinski definition) is 1. The first-order chi connectivity index (χ1) is 13.6. The van der Waals surface area contributed by atoms with Crippen molar-refractivity contribution in [3.63, 3.8) is 0 Å². The maximum Gasteiger partial charge on any atom is 0.228 e. The molecular weight excluding hydrogens is 374 g/mol. The van der Waals surface area contributed by atoms with Crippen LogP contribution >= 0.6 is 11.3 Å². The van der Waals surface area contributed by atoms with Crippen molar-refractivity contribution in [3.8, 4) is 0 Å². The second-order valence-electron chi connectivity index (χ2n) is 7.45. The number of rotatable bonds is 5. The minimum atomic E-state index is -0.0569. The molecular formula is C20H25N5O2S. The number of carbonyl (C=O) groups is 2. The van der Waals surface area contributed by atoms with Gasteiger partial charge in [0.05, 0.1) is 5.92 Å². The van der Waals surface area contributed by atoms with Crippen LogP contribution in [0.5, 0.6) is 0 Å². The molecule has 0 aliphatic carbocycles. The Morgan fingerprint density at radius 3 is 2.82 bits per heavy atom. The molecule has 2 aromatic rings. The Labute approximate surface area is 168 Å². The second kappa shape index (κ2) is 8.26. The van der Waals surface area contributed by atoms with Gasteiger partial charge >= 0.3 is 0 Å². The van der Waals surface area contributed by atoms with Crippen LogP contribution in [0.4, 0.5) is 10.3 Å². The van der Waals surface area contributed by atoms with Gasteiger partial charge in [0.2, 0.25) is 22.1 Å². The third kappa shape index (κ3) is 4.01.